The van der Waals surface area contributed by atoms with Gasteiger partial charge in [-0.15, -0.1) is 0 Å². The average Bonchev–Trinajstić information content (AvgIpc) is 4.17. The average molecular weight is 936 g/mol. The van der Waals surface area contributed by atoms with Gasteiger partial charge in [-0.1, -0.05) is 134 Å². The van der Waals surface area contributed by atoms with Crippen molar-refractivity contribution in [3.05, 3.63) is 230 Å². The van der Waals surface area contributed by atoms with Gasteiger partial charge in [0.2, 0.25) is 0 Å². The van der Waals surface area contributed by atoms with Crippen LogP contribution in [0.15, 0.2) is 228 Å². The van der Waals surface area contributed by atoms with E-state index in [1.807, 2.05) is 18.2 Å². The summed E-state index contributed by atoms with van der Waals surface area (Å²) in [5.41, 5.74) is 12.2. The maximum atomic E-state index is 7.18. The van der Waals surface area contributed by atoms with E-state index in [1.54, 1.807) is 6.08 Å². The molecule has 10 aromatic carbocycles. The fraction of sp³-hybridized carbons (Fsp3) is 0.0152. The Morgan fingerprint density at radius 2 is 1.01 bits per heavy atom. The highest BCUT2D eigenvalue weighted by atomic mass is 16.3. The summed E-state index contributed by atoms with van der Waals surface area (Å²) in [7, 11) is 0. The van der Waals surface area contributed by atoms with Crippen molar-refractivity contribution in [3.63, 3.8) is 0 Å². The Morgan fingerprint density at radius 3 is 1.75 bits per heavy atom. The minimum absolute atomic E-state index is 0.491. The summed E-state index contributed by atoms with van der Waals surface area (Å²) in [6.45, 7) is 5.94. The van der Waals surface area contributed by atoms with Gasteiger partial charge >= 0.3 is 0 Å². The highest BCUT2D eigenvalue weighted by molar-refractivity contribution is 6.20. The quantitative estimate of drug-likeness (QED) is 0.149. The summed E-state index contributed by atoms with van der Waals surface area (Å²) in [6, 6.07) is 70.9. The third-order valence-electron chi connectivity index (χ3n) is 14.7. The van der Waals surface area contributed by atoms with E-state index in [4.69, 9.17) is 23.8 Å². The summed E-state index contributed by atoms with van der Waals surface area (Å²) in [5.74, 6) is 2.32. The molecule has 0 amide bonds. The van der Waals surface area contributed by atoms with Crippen molar-refractivity contribution in [2.75, 3.05) is 0 Å². The van der Waals surface area contributed by atoms with Gasteiger partial charge in [0.05, 0.1) is 38.7 Å². The zero-order valence-corrected chi connectivity index (χ0v) is 39.5. The van der Waals surface area contributed by atoms with Gasteiger partial charge in [0.1, 0.15) is 22.5 Å². The van der Waals surface area contributed by atoms with Crippen molar-refractivity contribution in [2.45, 2.75) is 6.92 Å². The van der Waals surface area contributed by atoms with Crippen LogP contribution in [0.2, 0.25) is 0 Å². The summed E-state index contributed by atoms with van der Waals surface area (Å²) >= 11 is 0. The molecular formula is C66H41N5O2. The number of hydrogen-bond donors (Lipinski definition) is 0. The largest absolute Gasteiger partial charge is 0.456 e. The number of hydrogen-bond acceptors (Lipinski definition) is 5. The molecule has 0 aliphatic rings. The minimum Gasteiger partial charge on any atom is -0.456 e. The lowest BCUT2D eigenvalue weighted by atomic mass is 10.0. The van der Waals surface area contributed by atoms with Crippen molar-refractivity contribution in [2.24, 2.45) is 0 Å². The molecule has 73 heavy (non-hydrogen) atoms. The van der Waals surface area contributed by atoms with Crippen molar-refractivity contribution >= 4 is 104 Å². The number of para-hydroxylation sites is 3. The molecule has 5 aromatic heterocycles. The van der Waals surface area contributed by atoms with Gasteiger partial charge in [-0.3, -0.25) is 0 Å². The van der Waals surface area contributed by atoms with Crippen LogP contribution in [0.3, 0.4) is 0 Å². The van der Waals surface area contributed by atoms with Crippen LogP contribution in [-0.4, -0.2) is 24.1 Å². The van der Waals surface area contributed by atoms with E-state index in [9.17, 15) is 0 Å². The summed E-state index contributed by atoms with van der Waals surface area (Å²) in [6.07, 6.45) is 5.58. The Morgan fingerprint density at radius 1 is 0.438 bits per heavy atom. The second kappa shape index (κ2) is 15.8. The first kappa shape index (κ1) is 41.0. The van der Waals surface area contributed by atoms with Gasteiger partial charge in [0, 0.05) is 54.7 Å². The maximum Gasteiger partial charge on any atom is 0.167 e. The molecule has 0 N–H and O–H groups in total. The standard InChI is InChI=1S/C66H41N5O2/c1-3-4-26-59-39(2)47-29-27-45(38-60(47)72-59)65-67-64(44-28-31-56-51(35-44)48-22-12-14-24-54(48)70(56)46-20-6-5-7-21-46)68-66(69-65)50-30-32-57(62-53-34-41-17-9-11-19-43(41)37-61(53)73-63(50)62)71-55-25-15-13-23-49(55)52-33-40-16-8-10-18-42(40)36-58(52)71/h3-38H,1H2,2H3/b26-4-. The van der Waals surface area contributed by atoms with Crippen LogP contribution in [0, 0.1) is 6.92 Å². The molecule has 0 atom stereocenters. The Balaban J connectivity index is 1.01. The van der Waals surface area contributed by atoms with Crippen molar-refractivity contribution in [1.82, 2.24) is 24.1 Å². The second-order valence-corrected chi connectivity index (χ2v) is 18.8. The number of aryl methyl sites for hydroxylation is 1. The number of benzene rings is 10. The normalized spacial score (nSPS) is 12.2. The van der Waals surface area contributed by atoms with Gasteiger partial charge in [-0.2, -0.15) is 0 Å². The Bertz CT molecular complexity index is 4840. The van der Waals surface area contributed by atoms with E-state index in [2.05, 4.69) is 217 Å². The van der Waals surface area contributed by atoms with Gasteiger partial charge in [-0.05, 0) is 119 Å². The fourth-order valence-corrected chi connectivity index (χ4v) is 11.2. The lowest BCUT2D eigenvalue weighted by molar-refractivity contribution is 0.601. The van der Waals surface area contributed by atoms with Gasteiger partial charge in [-0.25, -0.2) is 15.0 Å². The first-order valence-electron chi connectivity index (χ1n) is 24.5. The number of rotatable bonds is 7. The summed E-state index contributed by atoms with van der Waals surface area (Å²) < 4.78 is 18.4. The molecule has 5 heterocycles. The Kier molecular flexibility index (Phi) is 8.89. The molecule has 0 saturated carbocycles. The van der Waals surface area contributed by atoms with Gasteiger partial charge < -0.3 is 18.0 Å². The SMILES string of the molecule is C=C/C=C\c1oc2cc(-c3nc(-c4ccc5c(c4)c4ccccc4n5-c4ccccc4)nc(-c4ccc(-n5c6ccccc6c6cc7ccccc7cc65)c5c4oc4cc6ccccc6cc45)n3)ccc2c1C. The molecule has 7 heteroatoms. The third-order valence-corrected chi connectivity index (χ3v) is 14.7. The molecular weight excluding hydrogens is 895 g/mol. The van der Waals surface area contributed by atoms with E-state index in [0.29, 0.717) is 23.1 Å². The highest BCUT2D eigenvalue weighted by Crippen LogP contribution is 2.45. The molecule has 0 aliphatic heterocycles. The first-order valence-corrected chi connectivity index (χ1v) is 24.5. The van der Waals surface area contributed by atoms with Crippen LogP contribution in [0.5, 0.6) is 0 Å². The molecule has 342 valence electrons. The predicted octanol–water partition coefficient (Wildman–Crippen LogP) is 17.5. The van der Waals surface area contributed by atoms with Gasteiger partial charge in [0.25, 0.3) is 0 Å². The molecule has 0 fully saturated rings. The molecule has 15 rings (SSSR count). The van der Waals surface area contributed by atoms with E-state index in [1.165, 1.54) is 21.5 Å². The Labute approximate surface area is 417 Å². The smallest absolute Gasteiger partial charge is 0.167 e. The number of nitrogens with zero attached hydrogens (tertiary/aromatic N) is 5. The lowest BCUT2D eigenvalue weighted by Gasteiger charge is -2.13. The summed E-state index contributed by atoms with van der Waals surface area (Å²) in [5, 5.41) is 12.2. The van der Waals surface area contributed by atoms with Crippen LogP contribution in [0.4, 0.5) is 0 Å². The van der Waals surface area contributed by atoms with Crippen molar-refractivity contribution in [1.29, 1.82) is 0 Å². The molecule has 7 nitrogen and oxygen atoms in total. The van der Waals surface area contributed by atoms with Crippen LogP contribution >= 0.6 is 0 Å². The second-order valence-electron chi connectivity index (χ2n) is 18.8. The topological polar surface area (TPSA) is 74.8 Å². The van der Waals surface area contributed by atoms with E-state index >= 15 is 0 Å². The highest BCUT2D eigenvalue weighted by Gasteiger charge is 2.25. The minimum atomic E-state index is 0.491. The zero-order valence-electron chi connectivity index (χ0n) is 39.5. The fourth-order valence-electron chi connectivity index (χ4n) is 11.2. The lowest BCUT2D eigenvalue weighted by Crippen LogP contribution is -2.01. The first-order chi connectivity index (χ1) is 36.0. The molecule has 15 aromatic rings. The molecule has 0 spiro atoms. The van der Waals surface area contributed by atoms with E-state index in [-0.39, 0.29) is 0 Å². The maximum absolute atomic E-state index is 7.18. The Hall–Kier alpha value is -9.85. The van der Waals surface area contributed by atoms with Crippen LogP contribution in [0.25, 0.3) is 150 Å². The van der Waals surface area contributed by atoms with Crippen molar-refractivity contribution < 1.29 is 8.83 Å². The van der Waals surface area contributed by atoms with Crippen LogP contribution in [-0.2, 0) is 0 Å². The molecule has 0 radical (unpaired) electrons. The third kappa shape index (κ3) is 6.28. The van der Waals surface area contributed by atoms with Crippen LogP contribution in [0.1, 0.15) is 11.3 Å². The molecule has 0 bridgehead atoms. The van der Waals surface area contributed by atoms with E-state index in [0.717, 1.165) is 110 Å². The monoisotopic (exact) mass is 935 g/mol. The molecule has 0 saturated heterocycles. The summed E-state index contributed by atoms with van der Waals surface area (Å²) in [4.78, 5) is 16.1. The number of aromatic nitrogens is 5. The van der Waals surface area contributed by atoms with E-state index < -0.39 is 0 Å². The van der Waals surface area contributed by atoms with Gasteiger partial charge in [0.15, 0.2) is 17.5 Å². The van der Waals surface area contributed by atoms with Crippen LogP contribution < -0.4 is 0 Å². The number of fused-ring (bicyclic) bond motifs is 12. The predicted molar refractivity (Wildman–Crippen MR) is 301 cm³/mol. The molecule has 0 unspecified atom stereocenters. The molecule has 0 aliphatic carbocycles. The van der Waals surface area contributed by atoms with Crippen molar-refractivity contribution in [3.8, 4) is 45.5 Å². The zero-order chi connectivity index (χ0) is 48.3. The number of allylic oxidation sites excluding steroid dienone is 2. The number of furan rings is 2.